The van der Waals surface area contributed by atoms with E-state index in [-0.39, 0.29) is 34.7 Å². The molecule has 250 valence electrons. The number of aromatic nitrogens is 2. The molecule has 0 atom stereocenters. The lowest BCUT2D eigenvalue weighted by Gasteiger charge is -2.14. The molecule has 2 aromatic carbocycles. The topological polar surface area (TPSA) is 109 Å². The number of hydrogen-bond donors (Lipinski definition) is 2. The van der Waals surface area contributed by atoms with Gasteiger partial charge in [-0.2, -0.15) is 5.26 Å². The summed E-state index contributed by atoms with van der Waals surface area (Å²) >= 11 is 0. The van der Waals surface area contributed by atoms with Gasteiger partial charge >= 0.3 is 0 Å². The summed E-state index contributed by atoms with van der Waals surface area (Å²) in [6.45, 7) is 4.28. The molecule has 2 N–H and O–H groups in total. The normalized spacial score (nSPS) is 11.8. The minimum Gasteiger partial charge on any atom is -0.512 e. The lowest BCUT2D eigenvalue weighted by molar-refractivity contribution is 0.272. The van der Waals surface area contributed by atoms with Crippen LogP contribution >= 0.6 is 0 Å². The van der Waals surface area contributed by atoms with Crippen LogP contribution in [0.4, 0.5) is 5.82 Å². The second kappa shape index (κ2) is 19.2. The van der Waals surface area contributed by atoms with E-state index in [9.17, 15) is 15.2 Å². The number of aliphatic hydroxyl groups excluding tert-OH is 1. The number of para-hydroxylation sites is 2. The summed E-state index contributed by atoms with van der Waals surface area (Å²) in [7, 11) is 0. The number of benzene rings is 2. The Bertz CT molecular complexity index is 1690. The smallest absolute Gasteiger partial charge is 0.270 e. The number of unbranched alkanes of at least 4 members (excludes halogenated alkanes) is 13. The van der Waals surface area contributed by atoms with E-state index in [0.29, 0.717) is 23.7 Å². The minimum atomic E-state index is -0.479. The maximum atomic E-state index is 13.4. The monoisotopic (exact) mass is 638 g/mol. The minimum absolute atomic E-state index is 0.0162. The first-order chi connectivity index (χ1) is 23.0. The summed E-state index contributed by atoms with van der Waals surface area (Å²) in [6.07, 6.45) is 20.0. The van der Waals surface area contributed by atoms with Crippen molar-refractivity contribution in [3.05, 3.63) is 81.9 Å². The number of aliphatic hydroxyl groups is 1. The number of nitrogens with one attached hydrogen (secondary N) is 1. The molecule has 0 unspecified atom stereocenters. The second-order valence-corrected chi connectivity index (χ2v) is 12.2. The highest BCUT2D eigenvalue weighted by atomic mass is 16.5. The summed E-state index contributed by atoms with van der Waals surface area (Å²) in [5, 5.41) is 23.4. The molecule has 0 saturated carbocycles. The van der Waals surface area contributed by atoms with E-state index in [1.165, 1.54) is 88.4 Å². The summed E-state index contributed by atoms with van der Waals surface area (Å²) < 4.78 is 13.4. The molecule has 2 heterocycles. The van der Waals surface area contributed by atoms with Crippen LogP contribution in [0.5, 0.6) is 11.5 Å². The average Bonchev–Trinajstić information content (AvgIpc) is 3.46. The molecule has 8 nitrogen and oxygen atoms in total. The fourth-order valence-electron chi connectivity index (χ4n) is 5.89. The standard InChI is InChI=1S/C39H50N4O4/c1-3-4-5-6-7-8-9-10-11-12-13-14-15-21-26-46-34-24-19-20-25-35(34)47-29-41-37-36(30(2)44)39(45)43-28-33(31-22-17-16-18-23-31)32(27-40)38(43)42-37/h16-20,22-25,28,44H,3-15,21,26,29H2,1-2H3,(H,41,42). The molecule has 2 aromatic heterocycles. The maximum Gasteiger partial charge on any atom is 0.270 e. The van der Waals surface area contributed by atoms with E-state index in [4.69, 9.17) is 9.47 Å². The van der Waals surface area contributed by atoms with E-state index in [2.05, 4.69) is 23.3 Å². The van der Waals surface area contributed by atoms with Crippen LogP contribution in [0.2, 0.25) is 0 Å². The van der Waals surface area contributed by atoms with Gasteiger partial charge in [0.15, 0.2) is 23.9 Å². The molecule has 0 aliphatic rings. The molecule has 0 fully saturated rings. The number of nitrogens with zero attached hydrogens (tertiary/aromatic N) is 3. The van der Waals surface area contributed by atoms with Crippen molar-refractivity contribution in [2.24, 2.45) is 0 Å². The Morgan fingerprint density at radius 2 is 1.38 bits per heavy atom. The fourth-order valence-corrected chi connectivity index (χ4v) is 5.89. The highest BCUT2D eigenvalue weighted by Crippen LogP contribution is 2.28. The van der Waals surface area contributed by atoms with Crippen LogP contribution in [0.25, 0.3) is 22.5 Å². The molecule has 4 rings (SSSR count). The SMILES string of the molecule is CCCCCCCCCCCCCCCCOc1ccccc1OCNc1nc2c(C#N)c(-c3ccccc3)cn2c(=O)c1=C(C)O. The van der Waals surface area contributed by atoms with Crippen LogP contribution in [-0.4, -0.2) is 27.8 Å². The predicted octanol–water partition coefficient (Wildman–Crippen LogP) is 8.95. The number of hydrogen-bond acceptors (Lipinski definition) is 7. The van der Waals surface area contributed by atoms with Crippen molar-refractivity contribution in [3.8, 4) is 28.7 Å². The molecule has 0 saturated heterocycles. The molecule has 4 aromatic rings. The van der Waals surface area contributed by atoms with Crippen molar-refractivity contribution in [2.45, 2.75) is 104 Å². The van der Waals surface area contributed by atoms with Gasteiger partial charge in [0.1, 0.15) is 28.4 Å². The first kappa shape index (κ1) is 35.3. The zero-order chi connectivity index (χ0) is 33.3. The predicted molar refractivity (Wildman–Crippen MR) is 190 cm³/mol. The average molecular weight is 639 g/mol. The van der Waals surface area contributed by atoms with Gasteiger partial charge in [-0.25, -0.2) is 4.98 Å². The van der Waals surface area contributed by atoms with Crippen LogP contribution in [-0.2, 0) is 0 Å². The van der Waals surface area contributed by atoms with Gasteiger partial charge in [-0.05, 0) is 31.0 Å². The third-order valence-electron chi connectivity index (χ3n) is 8.50. The van der Waals surface area contributed by atoms with E-state index in [1.807, 2.05) is 54.6 Å². The summed E-state index contributed by atoms with van der Waals surface area (Å²) in [6, 6.07) is 19.0. The van der Waals surface area contributed by atoms with E-state index in [0.717, 1.165) is 18.4 Å². The molecule has 8 heteroatoms. The van der Waals surface area contributed by atoms with Gasteiger partial charge in [-0.3, -0.25) is 9.20 Å². The highest BCUT2D eigenvalue weighted by Gasteiger charge is 2.19. The van der Waals surface area contributed by atoms with Crippen molar-refractivity contribution in [3.63, 3.8) is 0 Å². The number of rotatable bonds is 21. The van der Waals surface area contributed by atoms with Crippen molar-refractivity contribution in [2.75, 3.05) is 18.7 Å². The van der Waals surface area contributed by atoms with Crippen molar-refractivity contribution in [1.82, 2.24) is 9.38 Å². The lowest BCUT2D eigenvalue weighted by Crippen LogP contribution is -2.36. The second-order valence-electron chi connectivity index (χ2n) is 12.2. The third-order valence-corrected chi connectivity index (χ3v) is 8.50. The molecule has 0 spiro atoms. The van der Waals surface area contributed by atoms with Crippen LogP contribution in [0.15, 0.2) is 65.6 Å². The molecule has 0 aliphatic carbocycles. The van der Waals surface area contributed by atoms with Crippen LogP contribution in [0.3, 0.4) is 0 Å². The van der Waals surface area contributed by atoms with Gasteiger partial charge in [0.25, 0.3) is 5.56 Å². The lowest BCUT2D eigenvalue weighted by atomic mass is 10.0. The first-order valence-electron chi connectivity index (χ1n) is 17.4. The Morgan fingerprint density at radius 3 is 1.96 bits per heavy atom. The Balaban J connectivity index is 1.25. The molecule has 0 amide bonds. The summed E-state index contributed by atoms with van der Waals surface area (Å²) in [5.74, 6) is 1.16. The van der Waals surface area contributed by atoms with Crippen molar-refractivity contribution in [1.29, 1.82) is 5.26 Å². The van der Waals surface area contributed by atoms with Gasteiger partial charge in [0.05, 0.1) is 6.61 Å². The third kappa shape index (κ3) is 10.2. The van der Waals surface area contributed by atoms with Crippen molar-refractivity contribution >= 4 is 17.2 Å². The number of anilines is 1. The Hall–Kier alpha value is -4.51. The zero-order valence-electron chi connectivity index (χ0n) is 28.1. The molecule has 0 bridgehead atoms. The molecule has 47 heavy (non-hydrogen) atoms. The molecule has 0 aliphatic heterocycles. The fraction of sp³-hybridized carbons (Fsp3) is 0.462. The Labute approximate surface area is 279 Å². The van der Waals surface area contributed by atoms with Gasteiger partial charge < -0.3 is 19.9 Å². The molecular weight excluding hydrogens is 588 g/mol. The first-order valence-corrected chi connectivity index (χ1v) is 17.4. The van der Waals surface area contributed by atoms with Crippen molar-refractivity contribution < 1.29 is 14.6 Å². The quantitative estimate of drug-likeness (QED) is 0.0693. The number of fused-ring (bicyclic) bond motifs is 1. The Morgan fingerprint density at radius 1 is 0.830 bits per heavy atom. The van der Waals surface area contributed by atoms with E-state index >= 15 is 0 Å². The summed E-state index contributed by atoms with van der Waals surface area (Å²) in [5.41, 5.74) is 1.40. The van der Waals surface area contributed by atoms with Gasteiger partial charge in [-0.15, -0.1) is 0 Å². The Kier molecular flexibility index (Phi) is 14.5. The summed E-state index contributed by atoms with van der Waals surface area (Å²) in [4.78, 5) is 18.0. The largest absolute Gasteiger partial charge is 0.512 e. The van der Waals surface area contributed by atoms with E-state index < -0.39 is 5.56 Å². The van der Waals surface area contributed by atoms with E-state index in [1.54, 1.807) is 6.20 Å². The van der Waals surface area contributed by atoms with Crippen LogP contribution in [0.1, 0.15) is 109 Å². The molecule has 0 radical (unpaired) electrons. The number of nitriles is 1. The maximum absolute atomic E-state index is 13.4. The van der Waals surface area contributed by atoms with Crippen LogP contribution in [0, 0.1) is 11.3 Å². The number of ether oxygens (including phenoxy) is 2. The highest BCUT2D eigenvalue weighted by molar-refractivity contribution is 5.79. The zero-order valence-corrected chi connectivity index (χ0v) is 28.1. The van der Waals surface area contributed by atoms with Gasteiger partial charge in [0, 0.05) is 11.8 Å². The molecular formula is C39H50N4O4. The van der Waals surface area contributed by atoms with Gasteiger partial charge in [0.2, 0.25) is 0 Å². The van der Waals surface area contributed by atoms with Gasteiger partial charge in [-0.1, -0.05) is 133 Å². The van der Waals surface area contributed by atoms with Crippen LogP contribution < -0.4 is 25.6 Å².